The molecule has 1 amide bonds. The Morgan fingerprint density at radius 3 is 2.47 bits per heavy atom. The number of rotatable bonds is 9. The zero-order chi connectivity index (χ0) is 21.9. The van der Waals surface area contributed by atoms with Crippen molar-refractivity contribution in [2.45, 2.75) is 27.7 Å². The van der Waals surface area contributed by atoms with Gasteiger partial charge in [-0.3, -0.25) is 9.59 Å². The van der Waals surface area contributed by atoms with Gasteiger partial charge in [0.15, 0.2) is 0 Å². The van der Waals surface area contributed by atoms with E-state index in [2.05, 4.69) is 42.6 Å². The number of primary amides is 1. The summed E-state index contributed by atoms with van der Waals surface area (Å²) in [6, 6.07) is 10.8. The number of amides is 1. The molecule has 30 heavy (non-hydrogen) atoms. The fourth-order valence-electron chi connectivity index (χ4n) is 3.55. The lowest BCUT2D eigenvalue weighted by atomic mass is 9.94. The standard InChI is InChI=1S/C23H30N4O3/c1-5-27(6-2)13-23(3,4)14-30-16-7-9-18-15(11-16)12-20(25-18)17-8-10-19(21(24)28)26-22(17)29/h7-12,25H,5-6,13-14H2,1-4H3,(H2,24,28)(H,26,29). The molecule has 2 aromatic heterocycles. The molecular formula is C23H30N4O3. The second kappa shape index (κ2) is 8.75. The highest BCUT2D eigenvalue weighted by atomic mass is 16.5. The molecule has 0 aliphatic carbocycles. The topological polar surface area (TPSA) is 104 Å². The van der Waals surface area contributed by atoms with Crippen LogP contribution in [0.5, 0.6) is 5.75 Å². The van der Waals surface area contributed by atoms with Gasteiger partial charge < -0.3 is 25.3 Å². The Hall–Kier alpha value is -3.06. The summed E-state index contributed by atoms with van der Waals surface area (Å²) in [6.07, 6.45) is 0. The normalized spacial score (nSPS) is 11.9. The third kappa shape index (κ3) is 4.91. The van der Waals surface area contributed by atoms with Gasteiger partial charge in [-0.25, -0.2) is 0 Å². The number of carbonyl (C=O) groups is 1. The van der Waals surface area contributed by atoms with Gasteiger partial charge >= 0.3 is 0 Å². The molecule has 4 N–H and O–H groups in total. The average molecular weight is 411 g/mol. The van der Waals surface area contributed by atoms with Crippen molar-refractivity contribution in [3.05, 3.63) is 52.4 Å². The third-order valence-electron chi connectivity index (χ3n) is 5.23. The first-order chi connectivity index (χ1) is 14.2. The minimum Gasteiger partial charge on any atom is -0.493 e. The molecule has 1 aromatic carbocycles. The molecule has 160 valence electrons. The van der Waals surface area contributed by atoms with E-state index >= 15 is 0 Å². The van der Waals surface area contributed by atoms with Crippen molar-refractivity contribution < 1.29 is 9.53 Å². The van der Waals surface area contributed by atoms with E-state index in [0.717, 1.165) is 36.3 Å². The van der Waals surface area contributed by atoms with Crippen molar-refractivity contribution in [2.24, 2.45) is 11.1 Å². The van der Waals surface area contributed by atoms with Gasteiger partial charge in [0, 0.05) is 22.9 Å². The molecule has 7 nitrogen and oxygen atoms in total. The Bertz CT molecular complexity index is 1090. The lowest BCUT2D eigenvalue weighted by molar-refractivity contribution is 0.0995. The predicted octanol–water partition coefficient (Wildman–Crippen LogP) is 3.37. The molecule has 0 saturated heterocycles. The zero-order valence-electron chi connectivity index (χ0n) is 18.0. The van der Waals surface area contributed by atoms with Crippen LogP contribution in [0.15, 0.2) is 41.2 Å². The fourth-order valence-corrected chi connectivity index (χ4v) is 3.55. The number of H-pyrrole nitrogens is 2. The molecule has 2 heterocycles. The molecule has 0 spiro atoms. The van der Waals surface area contributed by atoms with E-state index in [1.165, 1.54) is 6.07 Å². The van der Waals surface area contributed by atoms with Gasteiger partial charge in [-0.15, -0.1) is 0 Å². The first-order valence-electron chi connectivity index (χ1n) is 10.2. The van der Waals surface area contributed by atoms with Crippen LogP contribution in [-0.4, -0.2) is 47.0 Å². The fraction of sp³-hybridized carbons (Fsp3) is 0.391. The first kappa shape index (κ1) is 21.6. The van der Waals surface area contributed by atoms with Gasteiger partial charge in [-0.1, -0.05) is 27.7 Å². The highest BCUT2D eigenvalue weighted by molar-refractivity contribution is 5.91. The SMILES string of the molecule is CCN(CC)CC(C)(C)COc1ccc2[nH]c(-c3ccc(C(N)=O)[nH]c3=O)cc2c1. The highest BCUT2D eigenvalue weighted by Gasteiger charge is 2.22. The molecule has 7 heteroatoms. The first-order valence-corrected chi connectivity index (χ1v) is 10.2. The van der Waals surface area contributed by atoms with Gasteiger partial charge in [0.2, 0.25) is 0 Å². The lowest BCUT2D eigenvalue weighted by Gasteiger charge is -2.31. The van der Waals surface area contributed by atoms with Crippen molar-refractivity contribution in [1.29, 1.82) is 0 Å². The maximum absolute atomic E-state index is 12.3. The van der Waals surface area contributed by atoms with Crippen LogP contribution in [0.4, 0.5) is 0 Å². The number of carbonyl (C=O) groups excluding carboxylic acids is 1. The summed E-state index contributed by atoms with van der Waals surface area (Å²) in [6.45, 7) is 12.4. The molecule has 0 saturated carbocycles. The third-order valence-corrected chi connectivity index (χ3v) is 5.23. The summed E-state index contributed by atoms with van der Waals surface area (Å²) >= 11 is 0. The maximum atomic E-state index is 12.3. The predicted molar refractivity (Wildman–Crippen MR) is 120 cm³/mol. The summed E-state index contributed by atoms with van der Waals surface area (Å²) in [4.78, 5) is 31.7. The number of hydrogen-bond donors (Lipinski definition) is 3. The number of benzene rings is 1. The highest BCUT2D eigenvalue weighted by Crippen LogP contribution is 2.27. The van der Waals surface area contributed by atoms with E-state index in [9.17, 15) is 9.59 Å². The Labute approximate surface area is 176 Å². The number of nitrogens with zero attached hydrogens (tertiary/aromatic N) is 1. The molecule has 0 bridgehead atoms. The van der Waals surface area contributed by atoms with Crippen LogP contribution in [-0.2, 0) is 0 Å². The van der Waals surface area contributed by atoms with Crippen LogP contribution in [0.25, 0.3) is 22.2 Å². The van der Waals surface area contributed by atoms with Crippen molar-refractivity contribution in [1.82, 2.24) is 14.9 Å². The number of nitrogens with two attached hydrogens (primary N) is 1. The summed E-state index contributed by atoms with van der Waals surface area (Å²) in [5, 5.41) is 0.947. The Kier molecular flexibility index (Phi) is 6.31. The minimum atomic E-state index is -0.666. The van der Waals surface area contributed by atoms with Gasteiger partial charge in [-0.05, 0) is 49.5 Å². The lowest BCUT2D eigenvalue weighted by Crippen LogP contribution is -2.37. The minimum absolute atomic E-state index is 0.0275. The molecule has 0 radical (unpaired) electrons. The Balaban J connectivity index is 1.78. The average Bonchev–Trinajstić information content (AvgIpc) is 3.13. The van der Waals surface area contributed by atoms with Crippen LogP contribution in [0, 0.1) is 5.41 Å². The quantitative estimate of drug-likeness (QED) is 0.503. The molecule has 3 rings (SSSR count). The number of aromatic amines is 2. The van der Waals surface area contributed by atoms with Crippen LogP contribution in [0.1, 0.15) is 38.2 Å². The van der Waals surface area contributed by atoms with Crippen molar-refractivity contribution >= 4 is 16.8 Å². The van der Waals surface area contributed by atoms with E-state index < -0.39 is 5.91 Å². The van der Waals surface area contributed by atoms with Crippen LogP contribution in [0.2, 0.25) is 0 Å². The van der Waals surface area contributed by atoms with Crippen molar-refractivity contribution in [2.75, 3.05) is 26.2 Å². The van der Waals surface area contributed by atoms with Crippen molar-refractivity contribution in [3.63, 3.8) is 0 Å². The van der Waals surface area contributed by atoms with Crippen LogP contribution >= 0.6 is 0 Å². The molecule has 3 aromatic rings. The summed E-state index contributed by atoms with van der Waals surface area (Å²) in [5.74, 6) is 0.125. The molecule has 0 unspecified atom stereocenters. The van der Waals surface area contributed by atoms with Gasteiger partial charge in [0.25, 0.3) is 11.5 Å². The van der Waals surface area contributed by atoms with E-state index in [-0.39, 0.29) is 16.7 Å². The van der Waals surface area contributed by atoms with Gasteiger partial charge in [-0.2, -0.15) is 0 Å². The number of nitrogens with one attached hydrogen (secondary N) is 2. The smallest absolute Gasteiger partial charge is 0.265 e. The second-order valence-electron chi connectivity index (χ2n) is 8.33. The maximum Gasteiger partial charge on any atom is 0.265 e. The second-order valence-corrected chi connectivity index (χ2v) is 8.33. The van der Waals surface area contributed by atoms with E-state index in [0.29, 0.717) is 17.9 Å². The van der Waals surface area contributed by atoms with E-state index in [1.54, 1.807) is 6.07 Å². The molecule has 0 aliphatic rings. The summed E-state index contributed by atoms with van der Waals surface area (Å²) < 4.78 is 6.09. The number of pyridine rings is 1. The largest absolute Gasteiger partial charge is 0.493 e. The Morgan fingerprint density at radius 2 is 1.83 bits per heavy atom. The number of ether oxygens (including phenoxy) is 1. The van der Waals surface area contributed by atoms with E-state index in [4.69, 9.17) is 10.5 Å². The van der Waals surface area contributed by atoms with Gasteiger partial charge in [0.1, 0.15) is 11.4 Å². The summed E-state index contributed by atoms with van der Waals surface area (Å²) in [5.41, 5.74) is 6.98. The van der Waals surface area contributed by atoms with Crippen LogP contribution in [0.3, 0.4) is 0 Å². The monoisotopic (exact) mass is 410 g/mol. The van der Waals surface area contributed by atoms with Gasteiger partial charge in [0.05, 0.1) is 17.9 Å². The molecular weight excluding hydrogens is 380 g/mol. The van der Waals surface area contributed by atoms with Crippen LogP contribution < -0.4 is 16.0 Å². The summed E-state index contributed by atoms with van der Waals surface area (Å²) in [7, 11) is 0. The molecule has 0 atom stereocenters. The number of hydrogen-bond acceptors (Lipinski definition) is 4. The Morgan fingerprint density at radius 1 is 1.10 bits per heavy atom. The zero-order valence-corrected chi connectivity index (χ0v) is 18.0. The molecule has 0 aliphatic heterocycles. The van der Waals surface area contributed by atoms with Crippen molar-refractivity contribution in [3.8, 4) is 17.0 Å². The van der Waals surface area contributed by atoms with E-state index in [1.807, 2.05) is 24.3 Å². The number of fused-ring (bicyclic) bond motifs is 1. The molecule has 0 fully saturated rings. The number of aromatic nitrogens is 2.